The summed E-state index contributed by atoms with van der Waals surface area (Å²) in [7, 11) is 1.65. The third-order valence-electron chi connectivity index (χ3n) is 7.53. The molecule has 2 aromatic heterocycles. The number of carbonyl (C=O) groups is 2. The average molecular weight is 512 g/mol. The van der Waals surface area contributed by atoms with Gasteiger partial charge in [0.2, 0.25) is 0 Å². The molecule has 0 spiro atoms. The van der Waals surface area contributed by atoms with Crippen LogP contribution in [0, 0.1) is 6.92 Å². The van der Waals surface area contributed by atoms with Gasteiger partial charge in [0.1, 0.15) is 12.4 Å². The molecule has 9 nitrogen and oxygen atoms in total. The van der Waals surface area contributed by atoms with Crippen molar-refractivity contribution in [3.63, 3.8) is 0 Å². The Morgan fingerprint density at radius 1 is 1.18 bits per heavy atom. The van der Waals surface area contributed by atoms with Gasteiger partial charge in [-0.2, -0.15) is 0 Å². The van der Waals surface area contributed by atoms with Gasteiger partial charge >= 0.3 is 12.1 Å². The molecule has 2 aromatic carbocycles. The number of rotatable bonds is 3. The minimum atomic E-state index is -1.87. The first-order chi connectivity index (χ1) is 18.2. The Balaban J connectivity index is 1.40. The molecule has 0 saturated heterocycles. The molecule has 6 rings (SSSR count). The van der Waals surface area contributed by atoms with E-state index in [-0.39, 0.29) is 29.7 Å². The van der Waals surface area contributed by atoms with Crippen LogP contribution in [0.2, 0.25) is 0 Å². The highest BCUT2D eigenvalue weighted by Gasteiger charge is 2.45. The van der Waals surface area contributed by atoms with Crippen molar-refractivity contribution in [1.29, 1.82) is 0 Å². The van der Waals surface area contributed by atoms with Gasteiger partial charge in [0, 0.05) is 34.8 Å². The lowest BCUT2D eigenvalue weighted by Gasteiger charge is -2.31. The van der Waals surface area contributed by atoms with Crippen molar-refractivity contribution in [2.24, 2.45) is 0 Å². The van der Waals surface area contributed by atoms with Crippen molar-refractivity contribution >= 4 is 28.7 Å². The van der Waals surface area contributed by atoms with Gasteiger partial charge in [0.15, 0.2) is 5.60 Å². The molecule has 4 aromatic rings. The highest BCUT2D eigenvalue weighted by Crippen LogP contribution is 2.39. The molecule has 0 saturated carbocycles. The summed E-state index contributed by atoms with van der Waals surface area (Å²) in [6.45, 7) is 3.65. The molecule has 1 N–H and O–H groups in total. The number of carbonyl (C=O) groups excluding carboxylic acids is 2. The van der Waals surface area contributed by atoms with E-state index < -0.39 is 17.7 Å². The van der Waals surface area contributed by atoms with E-state index in [1.54, 1.807) is 36.7 Å². The molecule has 2 aliphatic rings. The number of aliphatic hydroxyl groups is 1. The molecule has 38 heavy (non-hydrogen) atoms. The zero-order valence-electron chi connectivity index (χ0n) is 21.1. The Bertz CT molecular complexity index is 1710. The van der Waals surface area contributed by atoms with Crippen molar-refractivity contribution in [1.82, 2.24) is 9.55 Å². The zero-order valence-corrected chi connectivity index (χ0v) is 21.1. The molecule has 1 atom stereocenters. The van der Waals surface area contributed by atoms with Gasteiger partial charge in [-0.1, -0.05) is 25.1 Å². The number of ether oxygens (including phenoxy) is 2. The highest BCUT2D eigenvalue weighted by molar-refractivity contribution is 5.92. The number of hydrogen-bond acceptors (Lipinski definition) is 7. The van der Waals surface area contributed by atoms with Crippen LogP contribution in [0.3, 0.4) is 0 Å². The number of amides is 1. The van der Waals surface area contributed by atoms with E-state index in [1.807, 2.05) is 43.3 Å². The molecule has 0 radical (unpaired) electrons. The minimum Gasteiger partial charge on any atom is -0.458 e. The maximum Gasteiger partial charge on any atom is 0.419 e. The van der Waals surface area contributed by atoms with Crippen molar-refractivity contribution in [3.05, 3.63) is 87.2 Å². The highest BCUT2D eigenvalue weighted by atomic mass is 16.6. The summed E-state index contributed by atoms with van der Waals surface area (Å²) < 4.78 is 12.4. The fourth-order valence-corrected chi connectivity index (χ4v) is 5.20. The second-order valence-electron chi connectivity index (χ2n) is 9.62. The van der Waals surface area contributed by atoms with E-state index in [0.717, 1.165) is 16.5 Å². The summed E-state index contributed by atoms with van der Waals surface area (Å²) >= 11 is 0. The maximum absolute atomic E-state index is 13.4. The lowest BCUT2D eigenvalue weighted by atomic mass is 9.86. The Kier molecular flexibility index (Phi) is 5.36. The monoisotopic (exact) mass is 511 g/mol. The fraction of sp³-hybridized carbons (Fsp3) is 0.241. The molecule has 0 aliphatic carbocycles. The molecule has 9 heteroatoms. The number of cyclic esters (lactones) is 1. The van der Waals surface area contributed by atoms with E-state index in [9.17, 15) is 19.5 Å². The van der Waals surface area contributed by atoms with Gasteiger partial charge in [0.05, 0.1) is 29.0 Å². The number of pyridine rings is 2. The number of benzene rings is 2. The van der Waals surface area contributed by atoms with Crippen molar-refractivity contribution in [2.75, 3.05) is 11.9 Å². The predicted molar refractivity (Wildman–Crippen MR) is 140 cm³/mol. The molecular formula is C29H25N3O6. The van der Waals surface area contributed by atoms with E-state index in [2.05, 4.69) is 0 Å². The average Bonchev–Trinajstić information content (AvgIpc) is 3.29. The Morgan fingerprint density at radius 3 is 2.68 bits per heavy atom. The number of anilines is 1. The number of esters is 1. The summed E-state index contributed by atoms with van der Waals surface area (Å²) in [6.07, 6.45) is -0.433. The number of fused-ring (bicyclic) bond motifs is 5. The van der Waals surface area contributed by atoms with Gasteiger partial charge in [-0.25, -0.2) is 14.6 Å². The SMILES string of the molecule is CC[C@@]1(O)C(=O)OCc2c1cc1n(c2=O)Cc2cc3c(C)c(OC(=O)N(C)c4ccccc4)ccc3nc2-1. The van der Waals surface area contributed by atoms with Crippen LogP contribution < -0.4 is 15.2 Å². The maximum atomic E-state index is 13.4. The second-order valence-corrected chi connectivity index (χ2v) is 9.62. The molecule has 1 amide bonds. The number of aryl methyl sites for hydroxylation is 1. The summed E-state index contributed by atoms with van der Waals surface area (Å²) in [6, 6.07) is 16.3. The number of para-hydroxylation sites is 1. The Morgan fingerprint density at radius 2 is 1.95 bits per heavy atom. The molecule has 0 unspecified atom stereocenters. The quantitative estimate of drug-likeness (QED) is 0.364. The Hall–Kier alpha value is -4.50. The van der Waals surface area contributed by atoms with E-state index in [4.69, 9.17) is 14.5 Å². The summed E-state index contributed by atoms with van der Waals surface area (Å²) in [5.74, 6) is -0.337. The standard InChI is InChI=1S/C29H25N3O6/c1-4-29(36)21-13-23-25-17(14-32(23)26(33)20(21)15-37-27(29)34)12-19-16(2)24(11-10-22(19)30-25)38-28(35)31(3)18-8-6-5-7-9-18/h5-13,36H,4,14-15H2,1-3H3/t29-/m0/s1. The van der Waals surface area contributed by atoms with Gasteiger partial charge in [-0.3, -0.25) is 9.69 Å². The van der Waals surface area contributed by atoms with Crippen molar-refractivity contribution in [2.45, 2.75) is 39.0 Å². The van der Waals surface area contributed by atoms with E-state index in [0.29, 0.717) is 34.9 Å². The van der Waals surface area contributed by atoms with Crippen molar-refractivity contribution < 1.29 is 24.2 Å². The molecule has 0 bridgehead atoms. The normalized spacial score (nSPS) is 17.4. The first kappa shape index (κ1) is 23.9. The molecular weight excluding hydrogens is 486 g/mol. The van der Waals surface area contributed by atoms with Crippen LogP contribution in [0.25, 0.3) is 22.3 Å². The topological polar surface area (TPSA) is 111 Å². The van der Waals surface area contributed by atoms with E-state index >= 15 is 0 Å². The largest absolute Gasteiger partial charge is 0.458 e. The van der Waals surface area contributed by atoms with Crippen molar-refractivity contribution in [3.8, 4) is 17.1 Å². The molecule has 2 aliphatic heterocycles. The summed E-state index contributed by atoms with van der Waals surface area (Å²) in [4.78, 5) is 44.8. The van der Waals surface area contributed by atoms with Gasteiger partial charge < -0.3 is 19.1 Å². The third-order valence-corrected chi connectivity index (χ3v) is 7.53. The van der Waals surface area contributed by atoms with Crippen LogP contribution >= 0.6 is 0 Å². The minimum absolute atomic E-state index is 0.0832. The van der Waals surface area contributed by atoms with Crippen LogP contribution in [0.1, 0.15) is 35.6 Å². The molecule has 0 fully saturated rings. The first-order valence-corrected chi connectivity index (χ1v) is 12.3. The van der Waals surface area contributed by atoms with Gasteiger partial charge in [-0.15, -0.1) is 0 Å². The lowest BCUT2D eigenvalue weighted by Crippen LogP contribution is -2.44. The van der Waals surface area contributed by atoms with Crippen LogP contribution in [-0.4, -0.2) is 33.8 Å². The summed E-state index contributed by atoms with van der Waals surface area (Å²) in [5, 5.41) is 11.8. The van der Waals surface area contributed by atoms with Gasteiger partial charge in [-0.05, 0) is 49.7 Å². The second kappa shape index (κ2) is 8.53. The van der Waals surface area contributed by atoms with Crippen LogP contribution in [-0.2, 0) is 28.3 Å². The zero-order chi connectivity index (χ0) is 26.8. The van der Waals surface area contributed by atoms with E-state index in [1.165, 1.54) is 4.90 Å². The Labute approximate surface area is 217 Å². The van der Waals surface area contributed by atoms with Crippen LogP contribution in [0.5, 0.6) is 5.75 Å². The third kappa shape index (κ3) is 3.42. The summed E-state index contributed by atoms with van der Waals surface area (Å²) in [5.41, 5.74) is 2.48. The predicted octanol–water partition coefficient (Wildman–Crippen LogP) is 4.02. The first-order valence-electron chi connectivity index (χ1n) is 12.3. The lowest BCUT2D eigenvalue weighted by molar-refractivity contribution is -0.172. The van der Waals surface area contributed by atoms with Gasteiger partial charge in [0.25, 0.3) is 5.56 Å². The van der Waals surface area contributed by atoms with Crippen LogP contribution in [0.15, 0.2) is 59.4 Å². The number of nitrogens with zero attached hydrogens (tertiary/aromatic N) is 3. The smallest absolute Gasteiger partial charge is 0.419 e. The molecule has 4 heterocycles. The van der Waals surface area contributed by atoms with Crippen LogP contribution in [0.4, 0.5) is 10.5 Å². The molecule has 192 valence electrons. The number of aromatic nitrogens is 2. The number of hydrogen-bond donors (Lipinski definition) is 1. The fourth-order valence-electron chi connectivity index (χ4n) is 5.20.